The van der Waals surface area contributed by atoms with Crippen LogP contribution in [0.4, 0.5) is 0 Å². The minimum Gasteiger partial charge on any atom is -0.545 e. The van der Waals surface area contributed by atoms with Crippen molar-refractivity contribution in [2.75, 3.05) is 6.61 Å². The smallest absolute Gasteiger partial charge is 0.545 e. The number of ether oxygens (including phenoxy) is 1. The number of carbonyl (C=O) groups is 3. The van der Waals surface area contributed by atoms with Crippen LogP contribution >= 0.6 is 0 Å². The summed E-state index contributed by atoms with van der Waals surface area (Å²) in [4.78, 5) is 39.1. The first-order chi connectivity index (χ1) is 15.3. The molecular formula is C25H28NNa3O7. The van der Waals surface area contributed by atoms with E-state index in [0.717, 1.165) is 44.2 Å². The van der Waals surface area contributed by atoms with Crippen LogP contribution in [-0.4, -0.2) is 35.1 Å². The molecule has 178 valence electrons. The minimum absolute atomic E-state index is 0. The summed E-state index contributed by atoms with van der Waals surface area (Å²) in [6.45, 7) is 8.74. The SMILES string of the molecule is CC1(C)CCC[C@]2(C)[C@@H]1CC[C@]1(C)OC/C(=C(/C(=O)[O-])c3ccc(C(=O)[O-])nc3C(=O)[O-])[C@@H]21.[Na+].[Na+].[Na+]. The van der Waals surface area contributed by atoms with Crippen molar-refractivity contribution in [3.8, 4) is 0 Å². The van der Waals surface area contributed by atoms with E-state index in [9.17, 15) is 29.7 Å². The van der Waals surface area contributed by atoms with E-state index in [0.29, 0.717) is 11.5 Å². The zero-order valence-electron chi connectivity index (χ0n) is 22.4. The normalized spacial score (nSPS) is 31.3. The first-order valence-electron chi connectivity index (χ1n) is 11.3. The predicted octanol–water partition coefficient (Wildman–Crippen LogP) is -8.64. The molecule has 11 heteroatoms. The molecule has 2 saturated carbocycles. The fourth-order valence-electron chi connectivity index (χ4n) is 7.31. The Kier molecular flexibility index (Phi) is 11.6. The first-order valence-corrected chi connectivity index (χ1v) is 11.3. The molecule has 3 aliphatic rings. The molecule has 4 atom stereocenters. The molecule has 2 aliphatic carbocycles. The third kappa shape index (κ3) is 5.74. The molecule has 0 spiro atoms. The van der Waals surface area contributed by atoms with Gasteiger partial charge in [-0.15, -0.1) is 0 Å². The Bertz CT molecular complexity index is 1090. The zero-order chi connectivity index (χ0) is 24.3. The Morgan fingerprint density at radius 3 is 2.14 bits per heavy atom. The number of pyridine rings is 1. The monoisotopic (exact) mass is 523 g/mol. The van der Waals surface area contributed by atoms with Crippen LogP contribution < -0.4 is 104 Å². The summed E-state index contributed by atoms with van der Waals surface area (Å²) in [6, 6.07) is 2.16. The number of aliphatic carboxylic acids is 1. The van der Waals surface area contributed by atoms with E-state index in [2.05, 4.69) is 25.8 Å². The van der Waals surface area contributed by atoms with Gasteiger partial charge in [0.05, 0.1) is 41.5 Å². The van der Waals surface area contributed by atoms with Crippen molar-refractivity contribution < 1.29 is 123 Å². The number of aromatic nitrogens is 1. The molecule has 0 N–H and O–H groups in total. The van der Waals surface area contributed by atoms with E-state index in [1.807, 2.05) is 6.92 Å². The van der Waals surface area contributed by atoms with Gasteiger partial charge < -0.3 is 34.4 Å². The first kappa shape index (κ1) is 34.3. The van der Waals surface area contributed by atoms with E-state index in [1.54, 1.807) is 0 Å². The summed E-state index contributed by atoms with van der Waals surface area (Å²) in [5.74, 6) is -4.91. The molecule has 8 nitrogen and oxygen atoms in total. The number of aromatic carboxylic acids is 2. The van der Waals surface area contributed by atoms with Crippen molar-refractivity contribution in [2.45, 2.75) is 65.4 Å². The summed E-state index contributed by atoms with van der Waals surface area (Å²) in [5.41, 5.74) is -2.19. The fourth-order valence-corrected chi connectivity index (χ4v) is 7.31. The second-order valence-electron chi connectivity index (χ2n) is 10.8. The van der Waals surface area contributed by atoms with Crippen molar-refractivity contribution in [1.82, 2.24) is 4.98 Å². The standard InChI is InChI=1S/C25H31NO7.3Na/c1-23(2)9-5-10-24(3)16(23)8-11-25(4)19(24)14(12-33-25)17(21(29)30)13-6-7-15(20(27)28)26-18(13)22(31)32;;;/h6-7,16,19H,5,8-12H2,1-4H3,(H,27,28)(H,29,30)(H,31,32);;;/q;3*+1/p-3/b17-14-;;;/t16-,19+,24-,25+;;;/m1.../s1. The van der Waals surface area contributed by atoms with Crippen molar-refractivity contribution in [2.24, 2.45) is 22.7 Å². The van der Waals surface area contributed by atoms with Crippen molar-refractivity contribution >= 4 is 23.5 Å². The molecule has 1 aromatic heterocycles. The van der Waals surface area contributed by atoms with Gasteiger partial charge in [-0.2, -0.15) is 0 Å². The molecule has 1 aromatic rings. The Labute approximate surface area is 277 Å². The van der Waals surface area contributed by atoms with Gasteiger partial charge in [-0.1, -0.05) is 27.2 Å². The molecule has 36 heavy (non-hydrogen) atoms. The topological polar surface area (TPSA) is 143 Å². The Balaban J connectivity index is 0.00000216. The predicted molar refractivity (Wildman–Crippen MR) is 111 cm³/mol. The van der Waals surface area contributed by atoms with Crippen molar-refractivity contribution in [3.63, 3.8) is 0 Å². The maximum atomic E-state index is 12.5. The molecule has 0 bridgehead atoms. The van der Waals surface area contributed by atoms with Gasteiger partial charge in [0, 0.05) is 17.1 Å². The van der Waals surface area contributed by atoms with Crippen LogP contribution in [-0.2, 0) is 9.53 Å². The van der Waals surface area contributed by atoms with Crippen LogP contribution in [0, 0.1) is 22.7 Å². The molecule has 0 unspecified atom stereocenters. The summed E-state index contributed by atoms with van der Waals surface area (Å²) >= 11 is 0. The summed E-state index contributed by atoms with van der Waals surface area (Å²) in [7, 11) is 0. The second kappa shape index (κ2) is 12.2. The third-order valence-electron chi connectivity index (χ3n) is 8.47. The van der Waals surface area contributed by atoms with Crippen LogP contribution in [0.1, 0.15) is 86.3 Å². The van der Waals surface area contributed by atoms with Gasteiger partial charge in [-0.3, -0.25) is 0 Å². The zero-order valence-corrected chi connectivity index (χ0v) is 28.4. The van der Waals surface area contributed by atoms with Gasteiger partial charge in [-0.25, -0.2) is 4.98 Å². The average Bonchev–Trinajstić information content (AvgIpc) is 3.05. The maximum absolute atomic E-state index is 12.5. The van der Waals surface area contributed by atoms with Gasteiger partial charge >= 0.3 is 88.7 Å². The quantitative estimate of drug-likeness (QED) is 0.280. The van der Waals surface area contributed by atoms with Gasteiger partial charge in [0.25, 0.3) is 0 Å². The molecule has 0 amide bonds. The Morgan fingerprint density at radius 2 is 1.58 bits per heavy atom. The maximum Gasteiger partial charge on any atom is 1.00 e. The average molecular weight is 523 g/mol. The molecule has 3 fully saturated rings. The molecule has 0 aromatic carbocycles. The summed E-state index contributed by atoms with van der Waals surface area (Å²) < 4.78 is 6.22. The largest absolute Gasteiger partial charge is 1.00 e. The number of carboxylic acids is 3. The Hall–Kier alpha value is 0.260. The number of carboxylic acid groups (broad SMARTS) is 3. The van der Waals surface area contributed by atoms with E-state index in [1.165, 1.54) is 0 Å². The number of hydrogen-bond donors (Lipinski definition) is 0. The molecule has 1 aliphatic heterocycles. The van der Waals surface area contributed by atoms with Crippen LogP contribution in [0.2, 0.25) is 0 Å². The number of hydrogen-bond acceptors (Lipinski definition) is 8. The van der Waals surface area contributed by atoms with E-state index in [-0.39, 0.29) is 123 Å². The van der Waals surface area contributed by atoms with Gasteiger partial charge in [0.1, 0.15) is 0 Å². The number of rotatable bonds is 4. The number of fused-ring (bicyclic) bond motifs is 3. The third-order valence-corrected chi connectivity index (χ3v) is 8.47. The number of carbonyl (C=O) groups excluding carboxylic acids is 3. The summed E-state index contributed by atoms with van der Waals surface area (Å²) in [6.07, 6.45) is 4.74. The fraction of sp³-hybridized carbons (Fsp3) is 0.600. The van der Waals surface area contributed by atoms with Gasteiger partial charge in [-0.05, 0) is 67.1 Å². The minimum atomic E-state index is -1.78. The van der Waals surface area contributed by atoms with Gasteiger partial charge in [0.2, 0.25) is 0 Å². The van der Waals surface area contributed by atoms with E-state index in [4.69, 9.17) is 4.74 Å². The summed E-state index contributed by atoms with van der Waals surface area (Å²) in [5, 5.41) is 35.5. The van der Waals surface area contributed by atoms with Gasteiger partial charge in [0.15, 0.2) is 0 Å². The number of nitrogens with zero attached hydrogens (tertiary/aromatic N) is 1. The van der Waals surface area contributed by atoms with E-state index >= 15 is 0 Å². The van der Waals surface area contributed by atoms with E-state index < -0.39 is 34.9 Å². The van der Waals surface area contributed by atoms with Crippen LogP contribution in [0.3, 0.4) is 0 Å². The Morgan fingerprint density at radius 1 is 0.944 bits per heavy atom. The molecular weight excluding hydrogens is 495 g/mol. The van der Waals surface area contributed by atoms with Crippen LogP contribution in [0.25, 0.3) is 5.57 Å². The molecule has 4 rings (SSSR count). The second-order valence-corrected chi connectivity index (χ2v) is 10.8. The van der Waals surface area contributed by atoms with Crippen molar-refractivity contribution in [3.05, 3.63) is 34.7 Å². The molecule has 1 saturated heterocycles. The molecule has 0 radical (unpaired) electrons. The van der Waals surface area contributed by atoms with Crippen LogP contribution in [0.15, 0.2) is 17.7 Å². The molecule has 2 heterocycles. The van der Waals surface area contributed by atoms with Crippen LogP contribution in [0.5, 0.6) is 0 Å². The van der Waals surface area contributed by atoms with Crippen molar-refractivity contribution in [1.29, 1.82) is 0 Å².